The minimum atomic E-state index is 0. The van der Waals surface area contributed by atoms with Gasteiger partial charge in [0, 0.05) is 0 Å². The number of hydrogen-bond acceptors (Lipinski definition) is 0. The van der Waals surface area contributed by atoms with Gasteiger partial charge in [-0.25, -0.2) is 0 Å². The van der Waals surface area contributed by atoms with Crippen molar-refractivity contribution >= 4 is 0 Å². The van der Waals surface area contributed by atoms with Crippen LogP contribution in [-0.2, 0) is 19.5 Å². The molecule has 0 heterocycles. The molecule has 0 N–H and O–H groups in total. The van der Waals surface area contributed by atoms with Crippen LogP contribution in [0.5, 0.6) is 0 Å². The van der Waals surface area contributed by atoms with E-state index in [9.17, 15) is 0 Å². The van der Waals surface area contributed by atoms with Crippen LogP contribution in [0.25, 0.3) is 0 Å². The topological polar surface area (TPSA) is 0 Å². The van der Waals surface area contributed by atoms with Crippen LogP contribution in [0.4, 0.5) is 0 Å². The minimum absolute atomic E-state index is 0. The summed E-state index contributed by atoms with van der Waals surface area (Å²) in [7, 11) is 0. The maximum atomic E-state index is 3.21. The Balaban J connectivity index is 0.000000284. The molecule has 0 spiro atoms. The van der Waals surface area contributed by atoms with E-state index in [0.717, 1.165) is 12.8 Å². The summed E-state index contributed by atoms with van der Waals surface area (Å²) in [5.41, 5.74) is 0. The van der Waals surface area contributed by atoms with Crippen LogP contribution in [0.2, 0.25) is 0 Å². The molecular weight excluding hydrogens is 295 g/mol. The molecule has 2 aliphatic rings. The third-order valence-corrected chi connectivity index (χ3v) is 2.49. The Morgan fingerprint density at radius 3 is 1.41 bits per heavy atom. The maximum absolute atomic E-state index is 3.21. The zero-order valence-corrected chi connectivity index (χ0v) is 12.1. The minimum Gasteiger partial charge on any atom is -0.500 e. The van der Waals surface area contributed by atoms with Crippen LogP contribution in [0.15, 0.2) is 36.5 Å². The normalized spacial score (nSPS) is 18.8. The standard InChI is InChI=1S/2C8H11.Rh/c2*1-2-4-6-8-7-5-3-1;/h2*1-2,7H,3-6H2;/q2*-1;+2. The van der Waals surface area contributed by atoms with Gasteiger partial charge in [-0.15, -0.1) is 0 Å². The van der Waals surface area contributed by atoms with Crippen LogP contribution in [-0.4, -0.2) is 0 Å². The molecule has 0 aromatic rings. The predicted octanol–water partition coefficient (Wildman–Crippen LogP) is 4.95. The zero-order chi connectivity index (χ0) is 11.3. The quantitative estimate of drug-likeness (QED) is 0.337. The zero-order valence-electron chi connectivity index (χ0n) is 10.5. The van der Waals surface area contributed by atoms with Gasteiger partial charge in [-0.1, -0.05) is 50.0 Å². The molecular formula is C16H22Rh. The molecule has 1 radical (unpaired) electrons. The van der Waals surface area contributed by atoms with Gasteiger partial charge in [0.05, 0.1) is 0 Å². The van der Waals surface area contributed by atoms with Crippen molar-refractivity contribution in [2.24, 2.45) is 0 Å². The summed E-state index contributed by atoms with van der Waals surface area (Å²) >= 11 is 0. The average molecular weight is 317 g/mol. The summed E-state index contributed by atoms with van der Waals surface area (Å²) in [4.78, 5) is 0. The molecule has 0 saturated heterocycles. The number of hydrogen-bond donors (Lipinski definition) is 0. The Morgan fingerprint density at radius 2 is 0.941 bits per heavy atom. The van der Waals surface area contributed by atoms with E-state index in [4.69, 9.17) is 0 Å². The van der Waals surface area contributed by atoms with E-state index >= 15 is 0 Å². The van der Waals surface area contributed by atoms with Crippen molar-refractivity contribution in [3.8, 4) is 0 Å². The molecule has 2 rings (SSSR count). The first-order valence-electron chi connectivity index (χ1n) is 6.40. The van der Waals surface area contributed by atoms with E-state index < -0.39 is 0 Å². The van der Waals surface area contributed by atoms with Crippen LogP contribution in [0.3, 0.4) is 0 Å². The van der Waals surface area contributed by atoms with Crippen molar-refractivity contribution in [2.75, 3.05) is 0 Å². The fourth-order valence-electron chi connectivity index (χ4n) is 1.57. The second-order valence-electron chi connectivity index (χ2n) is 3.99. The van der Waals surface area contributed by atoms with Crippen molar-refractivity contribution in [2.45, 2.75) is 51.4 Å². The first kappa shape index (κ1) is 16.6. The van der Waals surface area contributed by atoms with E-state index in [2.05, 4.69) is 48.6 Å². The van der Waals surface area contributed by atoms with Gasteiger partial charge in [0.15, 0.2) is 0 Å². The van der Waals surface area contributed by atoms with E-state index in [1.807, 2.05) is 0 Å². The van der Waals surface area contributed by atoms with Crippen LogP contribution in [0.1, 0.15) is 51.4 Å². The van der Waals surface area contributed by atoms with Crippen LogP contribution < -0.4 is 0 Å². The third-order valence-electron chi connectivity index (χ3n) is 2.49. The maximum Gasteiger partial charge on any atom is 2.00 e. The van der Waals surface area contributed by atoms with Crippen molar-refractivity contribution in [3.05, 3.63) is 48.6 Å². The van der Waals surface area contributed by atoms with E-state index in [0.29, 0.717) is 0 Å². The molecule has 0 unspecified atom stereocenters. The van der Waals surface area contributed by atoms with Gasteiger partial charge in [0.1, 0.15) is 0 Å². The predicted molar refractivity (Wildman–Crippen MR) is 70.8 cm³/mol. The van der Waals surface area contributed by atoms with Gasteiger partial charge >= 0.3 is 19.5 Å². The van der Waals surface area contributed by atoms with Crippen molar-refractivity contribution in [1.29, 1.82) is 0 Å². The summed E-state index contributed by atoms with van der Waals surface area (Å²) in [5, 5.41) is 0. The van der Waals surface area contributed by atoms with E-state index in [-0.39, 0.29) is 19.5 Å². The van der Waals surface area contributed by atoms with Crippen LogP contribution in [0, 0.1) is 12.2 Å². The molecule has 0 aromatic heterocycles. The van der Waals surface area contributed by atoms with E-state index in [1.165, 1.54) is 38.5 Å². The molecule has 0 amide bonds. The first-order valence-corrected chi connectivity index (χ1v) is 6.40. The Labute approximate surface area is 119 Å². The number of allylic oxidation sites excluding steroid dienone is 8. The fraction of sp³-hybridized carbons (Fsp3) is 0.500. The van der Waals surface area contributed by atoms with Crippen molar-refractivity contribution in [3.63, 3.8) is 0 Å². The van der Waals surface area contributed by atoms with Gasteiger partial charge < -0.3 is 12.2 Å². The van der Waals surface area contributed by atoms with E-state index in [1.54, 1.807) is 0 Å². The van der Waals surface area contributed by atoms with Crippen molar-refractivity contribution in [1.82, 2.24) is 0 Å². The van der Waals surface area contributed by atoms with Gasteiger partial charge in [-0.2, -0.15) is 12.8 Å². The molecule has 0 atom stereocenters. The molecule has 2 aliphatic carbocycles. The van der Waals surface area contributed by atoms with Crippen LogP contribution >= 0.6 is 0 Å². The molecule has 0 aromatic carbocycles. The first-order chi connectivity index (χ1) is 8.00. The average Bonchev–Trinajstić information content (AvgIpc) is 2.15. The fourth-order valence-corrected chi connectivity index (χ4v) is 1.57. The smallest absolute Gasteiger partial charge is 0.500 e. The second-order valence-corrected chi connectivity index (χ2v) is 3.99. The van der Waals surface area contributed by atoms with Gasteiger partial charge in [-0.3, -0.25) is 12.2 Å². The van der Waals surface area contributed by atoms with Gasteiger partial charge in [0.2, 0.25) is 0 Å². The monoisotopic (exact) mass is 317 g/mol. The molecule has 0 bridgehead atoms. The Kier molecular flexibility index (Phi) is 13.3. The SMILES string of the molecule is [C-]1=CCCC=CCC1.[C-]1=CCCC=CCC1.[Rh+2]. The molecule has 0 aliphatic heterocycles. The largest absolute Gasteiger partial charge is 2.00 e. The summed E-state index contributed by atoms with van der Waals surface area (Å²) < 4.78 is 0. The summed E-state index contributed by atoms with van der Waals surface area (Å²) in [6, 6.07) is 0. The molecule has 0 nitrogen and oxygen atoms in total. The second kappa shape index (κ2) is 13.6. The molecule has 17 heavy (non-hydrogen) atoms. The Morgan fingerprint density at radius 1 is 0.529 bits per heavy atom. The third kappa shape index (κ3) is 11.8. The molecule has 0 saturated carbocycles. The van der Waals surface area contributed by atoms with Gasteiger partial charge in [-0.05, 0) is 12.8 Å². The molecule has 0 fully saturated rings. The molecule has 95 valence electrons. The number of rotatable bonds is 0. The summed E-state index contributed by atoms with van der Waals surface area (Å²) in [5.74, 6) is 0. The molecule has 1 heteroatoms. The summed E-state index contributed by atoms with van der Waals surface area (Å²) in [6.45, 7) is 0. The van der Waals surface area contributed by atoms with Crippen molar-refractivity contribution < 1.29 is 19.5 Å². The Bertz CT molecular complexity index is 179. The Hall–Kier alpha value is -0.417. The summed E-state index contributed by atoms with van der Waals surface area (Å²) in [6.07, 6.45) is 29.0. The van der Waals surface area contributed by atoms with Gasteiger partial charge in [0.25, 0.3) is 0 Å².